The Labute approximate surface area is 97.5 Å². The summed E-state index contributed by atoms with van der Waals surface area (Å²) in [5.41, 5.74) is 0. The molecule has 1 rings (SSSR count). The van der Waals surface area contributed by atoms with Crippen molar-refractivity contribution in [2.75, 3.05) is 0 Å². The van der Waals surface area contributed by atoms with Crippen LogP contribution in [0.2, 0.25) is 0 Å². The van der Waals surface area contributed by atoms with Gasteiger partial charge in [0, 0.05) is 11.9 Å². The van der Waals surface area contributed by atoms with Gasteiger partial charge in [0.05, 0.1) is 5.92 Å². The molecule has 1 aliphatic rings. The van der Waals surface area contributed by atoms with Crippen LogP contribution in [0.25, 0.3) is 0 Å². The van der Waals surface area contributed by atoms with Crippen LogP contribution in [-0.2, 0) is 14.5 Å². The topological polar surface area (TPSA) is 89.5 Å². The molecule has 1 fully saturated rings. The Morgan fingerprint density at radius 2 is 1.64 bits per heavy atom. The van der Waals surface area contributed by atoms with Crippen LogP contribution in [-0.4, -0.2) is 35.0 Å². The molecule has 1 saturated carbocycles. The molecule has 0 spiro atoms. The maximum atomic E-state index is 10.9. The summed E-state index contributed by atoms with van der Waals surface area (Å²) in [5, 5.41) is 20.4. The molecule has 74 valence electrons. The fourth-order valence-corrected chi connectivity index (χ4v) is 1.76. The Hall–Kier alpha value is -0.334. The molecule has 5 nitrogen and oxygen atoms in total. The number of carboxylic acid groups (broad SMARTS) is 1. The van der Waals surface area contributed by atoms with Gasteiger partial charge in [-0.3, -0.25) is 4.79 Å². The van der Waals surface area contributed by atoms with Gasteiger partial charge in [-0.1, -0.05) is 12.8 Å². The SMILES string of the molecule is O=C([O-])C1CCCCC1C(=O)O[O-].[Mg+2]. The first-order chi connectivity index (χ1) is 6.16. The first-order valence-electron chi connectivity index (χ1n) is 4.21. The van der Waals surface area contributed by atoms with E-state index in [0.717, 1.165) is 12.8 Å². The Balaban J connectivity index is 0.00000169. The minimum atomic E-state index is -1.27. The van der Waals surface area contributed by atoms with Gasteiger partial charge in [0.25, 0.3) is 0 Å². The average Bonchev–Trinajstić information content (AvgIpc) is 2.16. The van der Waals surface area contributed by atoms with E-state index < -0.39 is 23.8 Å². The minimum Gasteiger partial charge on any atom is -0.662 e. The first-order valence-corrected chi connectivity index (χ1v) is 4.21. The molecule has 0 amide bonds. The molecule has 0 radical (unpaired) electrons. The molecule has 2 unspecified atom stereocenters. The molecule has 0 saturated heterocycles. The van der Waals surface area contributed by atoms with Gasteiger partial charge < -0.3 is 20.0 Å². The van der Waals surface area contributed by atoms with Crippen molar-refractivity contribution in [3.05, 3.63) is 0 Å². The second kappa shape index (κ2) is 6.21. The molecule has 0 bridgehead atoms. The van der Waals surface area contributed by atoms with E-state index >= 15 is 0 Å². The normalized spacial score (nSPS) is 26.1. The van der Waals surface area contributed by atoms with Gasteiger partial charge in [0.2, 0.25) is 0 Å². The summed E-state index contributed by atoms with van der Waals surface area (Å²) in [6.07, 6.45) is 2.30. The number of carbonyl (C=O) groups excluding carboxylic acids is 2. The van der Waals surface area contributed by atoms with Gasteiger partial charge in [-0.2, -0.15) is 0 Å². The second-order valence-electron chi connectivity index (χ2n) is 3.22. The van der Waals surface area contributed by atoms with Gasteiger partial charge in [-0.15, -0.1) is 0 Å². The molecule has 0 aromatic rings. The summed E-state index contributed by atoms with van der Waals surface area (Å²) in [4.78, 5) is 24.7. The maximum absolute atomic E-state index is 10.9. The van der Waals surface area contributed by atoms with E-state index in [1.807, 2.05) is 0 Å². The van der Waals surface area contributed by atoms with Gasteiger partial charge in [0.1, 0.15) is 0 Å². The van der Waals surface area contributed by atoms with E-state index in [1.54, 1.807) is 0 Å². The van der Waals surface area contributed by atoms with Crippen molar-refractivity contribution in [1.82, 2.24) is 0 Å². The molecule has 1 aliphatic carbocycles. The van der Waals surface area contributed by atoms with Crippen molar-refractivity contribution < 1.29 is 24.8 Å². The van der Waals surface area contributed by atoms with Crippen LogP contribution in [0.5, 0.6) is 0 Å². The second-order valence-corrected chi connectivity index (χ2v) is 3.22. The Kier molecular flexibility index (Phi) is 6.06. The van der Waals surface area contributed by atoms with Crippen LogP contribution in [0, 0.1) is 11.8 Å². The number of carbonyl (C=O) groups is 2. The van der Waals surface area contributed by atoms with Crippen LogP contribution in [0.15, 0.2) is 0 Å². The summed E-state index contributed by atoms with van der Waals surface area (Å²) in [6.45, 7) is 0. The van der Waals surface area contributed by atoms with Gasteiger partial charge in [-0.25, -0.2) is 0 Å². The van der Waals surface area contributed by atoms with E-state index in [4.69, 9.17) is 0 Å². The van der Waals surface area contributed by atoms with Gasteiger partial charge in [0.15, 0.2) is 0 Å². The smallest absolute Gasteiger partial charge is 0.662 e. The molecule has 0 aromatic carbocycles. The van der Waals surface area contributed by atoms with Gasteiger partial charge in [-0.05, 0) is 12.8 Å². The Morgan fingerprint density at radius 1 is 1.14 bits per heavy atom. The summed E-state index contributed by atoms with van der Waals surface area (Å²) in [6, 6.07) is 0. The third-order valence-electron chi connectivity index (χ3n) is 2.45. The van der Waals surface area contributed by atoms with Crippen LogP contribution >= 0.6 is 0 Å². The third kappa shape index (κ3) is 3.11. The molecular formula is C8H10MgO5. The average molecular weight is 210 g/mol. The molecule has 14 heavy (non-hydrogen) atoms. The molecule has 0 aromatic heterocycles. The predicted molar refractivity (Wildman–Crippen MR) is 42.3 cm³/mol. The van der Waals surface area contributed by atoms with E-state index in [-0.39, 0.29) is 23.1 Å². The largest absolute Gasteiger partial charge is 2.00 e. The third-order valence-corrected chi connectivity index (χ3v) is 2.45. The van der Waals surface area contributed by atoms with Crippen LogP contribution < -0.4 is 10.4 Å². The Morgan fingerprint density at radius 3 is 2.07 bits per heavy atom. The maximum Gasteiger partial charge on any atom is 2.00 e. The number of aliphatic carboxylic acids is 1. The molecule has 0 aliphatic heterocycles. The zero-order chi connectivity index (χ0) is 9.84. The molecular weight excluding hydrogens is 200 g/mol. The summed E-state index contributed by atoms with van der Waals surface area (Å²) in [7, 11) is 0. The number of hydrogen-bond acceptors (Lipinski definition) is 5. The number of hydrogen-bond donors (Lipinski definition) is 0. The van der Waals surface area contributed by atoms with E-state index in [0.29, 0.717) is 12.8 Å². The quantitative estimate of drug-likeness (QED) is 0.298. The predicted octanol–water partition coefficient (Wildman–Crippen LogP) is -2.02. The van der Waals surface area contributed by atoms with Crippen LogP contribution in [0.1, 0.15) is 25.7 Å². The molecule has 0 heterocycles. The molecule has 6 heteroatoms. The van der Waals surface area contributed by atoms with E-state index in [9.17, 15) is 20.0 Å². The van der Waals surface area contributed by atoms with Crippen molar-refractivity contribution in [3.8, 4) is 0 Å². The minimum absolute atomic E-state index is 0. The summed E-state index contributed by atoms with van der Waals surface area (Å²) in [5.74, 6) is -3.91. The fourth-order valence-electron chi connectivity index (χ4n) is 1.76. The van der Waals surface area contributed by atoms with Crippen molar-refractivity contribution in [2.45, 2.75) is 25.7 Å². The van der Waals surface area contributed by atoms with Crippen molar-refractivity contribution in [2.24, 2.45) is 11.8 Å². The first kappa shape index (κ1) is 13.7. The fraction of sp³-hybridized carbons (Fsp3) is 0.750. The zero-order valence-electron chi connectivity index (χ0n) is 7.73. The van der Waals surface area contributed by atoms with E-state index in [1.165, 1.54) is 0 Å². The van der Waals surface area contributed by atoms with Crippen LogP contribution in [0.4, 0.5) is 0 Å². The van der Waals surface area contributed by atoms with Gasteiger partial charge >= 0.3 is 29.0 Å². The molecule has 2 atom stereocenters. The summed E-state index contributed by atoms with van der Waals surface area (Å²) >= 11 is 0. The standard InChI is InChI=1S/C8H12O5.Mg/c9-7(10)5-3-1-2-4-6(5)8(11)13-12;/h5-6,12H,1-4H2,(H,9,10);/q;+2/p-2. The summed E-state index contributed by atoms with van der Waals surface area (Å²) < 4.78 is 0. The van der Waals surface area contributed by atoms with Crippen molar-refractivity contribution in [3.63, 3.8) is 0 Å². The Bertz CT molecular complexity index is 218. The monoisotopic (exact) mass is 210 g/mol. The van der Waals surface area contributed by atoms with Crippen LogP contribution in [0.3, 0.4) is 0 Å². The van der Waals surface area contributed by atoms with Crippen molar-refractivity contribution >= 4 is 35.0 Å². The number of rotatable bonds is 2. The van der Waals surface area contributed by atoms with E-state index in [2.05, 4.69) is 4.89 Å². The zero-order valence-corrected chi connectivity index (χ0v) is 9.15. The number of carboxylic acids is 1. The van der Waals surface area contributed by atoms with Crippen molar-refractivity contribution in [1.29, 1.82) is 0 Å². The molecule has 0 N–H and O–H groups in total.